The van der Waals surface area contributed by atoms with Crippen LogP contribution in [-0.2, 0) is 0 Å². The van der Waals surface area contributed by atoms with Crippen LogP contribution in [-0.4, -0.2) is 31.3 Å². The first-order valence-corrected chi connectivity index (χ1v) is 17.4. The number of hydrogen-bond donors (Lipinski definition) is 0. The molecule has 4 nitrogen and oxygen atoms in total. The molecule has 1 heterocycles. The van der Waals surface area contributed by atoms with Crippen molar-refractivity contribution < 1.29 is 9.47 Å². The molecule has 0 N–H and O–H groups in total. The van der Waals surface area contributed by atoms with Gasteiger partial charge in [0.15, 0.2) is 0 Å². The number of rotatable bonds is 19. The van der Waals surface area contributed by atoms with Crippen molar-refractivity contribution in [2.75, 3.05) is 31.2 Å². The lowest BCUT2D eigenvalue weighted by Gasteiger charge is -2.25. The second-order valence-electron chi connectivity index (χ2n) is 12.4. The molecule has 0 saturated heterocycles. The Morgan fingerprint density at radius 1 is 0.600 bits per heavy atom. The molecule has 0 saturated carbocycles. The number of anilines is 1. The van der Waals surface area contributed by atoms with Crippen LogP contribution in [0.1, 0.15) is 86.0 Å². The lowest BCUT2D eigenvalue weighted by molar-refractivity contribution is 0.306. The Labute approximate surface area is 272 Å². The van der Waals surface area contributed by atoms with Gasteiger partial charge in [0.1, 0.15) is 11.5 Å². The number of aromatic nitrogens is 1. The van der Waals surface area contributed by atoms with Gasteiger partial charge in [-0.25, -0.2) is 4.98 Å². The topological polar surface area (TPSA) is 34.6 Å². The predicted molar refractivity (Wildman–Crippen MR) is 193 cm³/mol. The average molecular weight is 607 g/mol. The zero-order valence-electron chi connectivity index (χ0n) is 28.4. The maximum atomic E-state index is 6.35. The van der Waals surface area contributed by atoms with Crippen molar-refractivity contribution in [1.82, 2.24) is 4.98 Å². The maximum absolute atomic E-state index is 6.35. The monoisotopic (exact) mass is 606 g/mol. The van der Waals surface area contributed by atoms with Gasteiger partial charge in [-0.1, -0.05) is 103 Å². The summed E-state index contributed by atoms with van der Waals surface area (Å²) in [4.78, 5) is 7.70. The van der Waals surface area contributed by atoms with Gasteiger partial charge >= 0.3 is 0 Å². The summed E-state index contributed by atoms with van der Waals surface area (Å²) in [5.41, 5.74) is 7.39. The predicted octanol–water partition coefficient (Wildman–Crippen LogP) is 11.5. The third-order valence-corrected chi connectivity index (χ3v) is 8.20. The van der Waals surface area contributed by atoms with E-state index >= 15 is 0 Å². The highest BCUT2D eigenvalue weighted by Crippen LogP contribution is 2.37. The third-order valence-electron chi connectivity index (χ3n) is 8.20. The van der Waals surface area contributed by atoms with Gasteiger partial charge in [0.2, 0.25) is 0 Å². The minimum atomic E-state index is 0.609. The molecule has 0 atom stereocenters. The van der Waals surface area contributed by atoms with Gasteiger partial charge in [-0.2, -0.15) is 0 Å². The van der Waals surface area contributed by atoms with Crippen LogP contribution in [0.2, 0.25) is 0 Å². The maximum Gasteiger partial charge on any atom is 0.128 e. The van der Waals surface area contributed by atoms with E-state index in [4.69, 9.17) is 14.5 Å². The summed E-state index contributed by atoms with van der Waals surface area (Å²) in [5.74, 6) is 2.37. The van der Waals surface area contributed by atoms with Gasteiger partial charge in [-0.05, 0) is 85.3 Å². The van der Waals surface area contributed by atoms with Crippen molar-refractivity contribution >= 4 is 5.69 Å². The second-order valence-corrected chi connectivity index (χ2v) is 12.4. The Morgan fingerprint density at radius 2 is 1.11 bits per heavy atom. The van der Waals surface area contributed by atoms with Crippen molar-refractivity contribution in [2.45, 2.75) is 86.0 Å². The zero-order chi connectivity index (χ0) is 31.9. The Bertz CT molecular complexity index is 1350. The van der Waals surface area contributed by atoms with Gasteiger partial charge in [-0.15, -0.1) is 0 Å². The highest BCUT2D eigenvalue weighted by atomic mass is 16.5. The third kappa shape index (κ3) is 10.1. The van der Waals surface area contributed by atoms with E-state index in [0.29, 0.717) is 19.1 Å². The summed E-state index contributed by atoms with van der Waals surface area (Å²) in [6, 6.07) is 30.0. The number of para-hydroxylation sites is 2. The standard InChI is InChI=1S/C41H54N2O2/c1-6-9-11-17-27-44-40-21-15-13-19-36(40)38-29-34(33-23-25-35(26-24-33)43(8-3)31-32(4)5)30-39(42-38)37-20-14-16-22-41(37)45-28-18-12-10-7-2/h13-16,19-26,29-30,32H,6-12,17-18,27-28,31H2,1-5H3. The fourth-order valence-corrected chi connectivity index (χ4v) is 5.73. The van der Waals surface area contributed by atoms with E-state index in [1.807, 2.05) is 12.1 Å². The highest BCUT2D eigenvalue weighted by Gasteiger charge is 2.16. The minimum absolute atomic E-state index is 0.609. The van der Waals surface area contributed by atoms with E-state index in [2.05, 4.69) is 112 Å². The Kier molecular flexibility index (Phi) is 13.8. The summed E-state index contributed by atoms with van der Waals surface area (Å²) in [7, 11) is 0. The number of hydrogen-bond acceptors (Lipinski definition) is 4. The molecular formula is C41H54N2O2. The Balaban J connectivity index is 1.73. The number of pyridine rings is 1. The molecule has 0 bridgehead atoms. The van der Waals surface area contributed by atoms with Crippen molar-refractivity contribution in [3.8, 4) is 45.1 Å². The van der Waals surface area contributed by atoms with Crippen molar-refractivity contribution in [3.63, 3.8) is 0 Å². The molecular weight excluding hydrogens is 552 g/mol. The zero-order valence-corrected chi connectivity index (χ0v) is 28.4. The number of unbranched alkanes of at least 4 members (excludes halogenated alkanes) is 6. The summed E-state index contributed by atoms with van der Waals surface area (Å²) >= 11 is 0. The summed E-state index contributed by atoms with van der Waals surface area (Å²) in [6.07, 6.45) is 9.41. The molecule has 0 spiro atoms. The fraction of sp³-hybridized carbons (Fsp3) is 0.439. The van der Waals surface area contributed by atoms with Crippen LogP contribution in [0.3, 0.4) is 0 Å². The molecule has 4 heteroatoms. The number of ether oxygens (including phenoxy) is 2. The van der Waals surface area contributed by atoms with Gasteiger partial charge in [0.05, 0.1) is 24.6 Å². The first-order valence-electron chi connectivity index (χ1n) is 17.4. The molecule has 0 aliphatic rings. The molecule has 0 aliphatic heterocycles. The highest BCUT2D eigenvalue weighted by molar-refractivity contribution is 5.80. The van der Waals surface area contributed by atoms with Gasteiger partial charge in [-0.3, -0.25) is 0 Å². The average Bonchev–Trinajstić information content (AvgIpc) is 3.07. The largest absolute Gasteiger partial charge is 0.493 e. The van der Waals surface area contributed by atoms with Gasteiger partial charge < -0.3 is 14.4 Å². The molecule has 1 aromatic heterocycles. The van der Waals surface area contributed by atoms with Crippen molar-refractivity contribution in [1.29, 1.82) is 0 Å². The lowest BCUT2D eigenvalue weighted by atomic mass is 9.99. The van der Waals surface area contributed by atoms with Crippen LogP contribution < -0.4 is 14.4 Å². The molecule has 0 fully saturated rings. The molecule has 3 aromatic carbocycles. The normalized spacial score (nSPS) is 11.2. The lowest BCUT2D eigenvalue weighted by Crippen LogP contribution is -2.27. The smallest absolute Gasteiger partial charge is 0.128 e. The summed E-state index contributed by atoms with van der Waals surface area (Å²) < 4.78 is 12.7. The molecule has 0 radical (unpaired) electrons. The quantitative estimate of drug-likeness (QED) is 0.0995. The van der Waals surface area contributed by atoms with Gasteiger partial charge in [0.25, 0.3) is 0 Å². The number of nitrogens with zero attached hydrogens (tertiary/aromatic N) is 2. The van der Waals surface area contributed by atoms with Crippen LogP contribution in [0.5, 0.6) is 11.5 Å². The molecule has 4 aromatic rings. The molecule has 0 aliphatic carbocycles. The van der Waals surface area contributed by atoms with Crippen LogP contribution in [0.15, 0.2) is 84.9 Å². The van der Waals surface area contributed by atoms with Crippen LogP contribution in [0, 0.1) is 5.92 Å². The summed E-state index contributed by atoms with van der Waals surface area (Å²) in [6.45, 7) is 14.7. The first kappa shape index (κ1) is 34.1. The second kappa shape index (κ2) is 18.2. The van der Waals surface area contributed by atoms with E-state index in [1.54, 1.807) is 0 Å². The van der Waals surface area contributed by atoms with Crippen LogP contribution >= 0.6 is 0 Å². The summed E-state index contributed by atoms with van der Waals surface area (Å²) in [5, 5.41) is 0. The Morgan fingerprint density at radius 3 is 1.58 bits per heavy atom. The molecule has 0 unspecified atom stereocenters. The SMILES string of the molecule is CCCCCCOc1ccccc1-c1cc(-c2ccc(N(CC)CC(C)C)cc2)cc(-c2ccccc2OCCCCCC)n1. The molecule has 0 amide bonds. The first-order chi connectivity index (χ1) is 22.0. The molecule has 240 valence electrons. The van der Waals surface area contributed by atoms with E-state index in [1.165, 1.54) is 49.8 Å². The Hall–Kier alpha value is -3.79. The van der Waals surface area contributed by atoms with E-state index in [0.717, 1.165) is 65.5 Å². The minimum Gasteiger partial charge on any atom is -0.493 e. The fourth-order valence-electron chi connectivity index (χ4n) is 5.73. The van der Waals surface area contributed by atoms with Crippen molar-refractivity contribution in [3.05, 3.63) is 84.9 Å². The van der Waals surface area contributed by atoms with E-state index in [9.17, 15) is 0 Å². The van der Waals surface area contributed by atoms with E-state index in [-0.39, 0.29) is 0 Å². The van der Waals surface area contributed by atoms with Crippen molar-refractivity contribution in [2.24, 2.45) is 5.92 Å². The van der Waals surface area contributed by atoms with Crippen LogP contribution in [0.4, 0.5) is 5.69 Å². The molecule has 4 rings (SSSR count). The van der Waals surface area contributed by atoms with Crippen LogP contribution in [0.25, 0.3) is 33.6 Å². The van der Waals surface area contributed by atoms with E-state index < -0.39 is 0 Å². The molecule has 45 heavy (non-hydrogen) atoms. The number of benzene rings is 3. The van der Waals surface area contributed by atoms with Gasteiger partial charge in [0, 0.05) is 29.9 Å².